The number of nitriles is 1. The first kappa shape index (κ1) is 13.2. The zero-order valence-electron chi connectivity index (χ0n) is 10.6. The van der Waals surface area contributed by atoms with E-state index in [9.17, 15) is 0 Å². The van der Waals surface area contributed by atoms with Gasteiger partial charge in [-0.1, -0.05) is 11.6 Å². The molecule has 0 amide bonds. The average Bonchev–Trinajstić information content (AvgIpc) is 2.82. The third-order valence-corrected chi connectivity index (χ3v) is 3.47. The van der Waals surface area contributed by atoms with Crippen molar-refractivity contribution in [2.75, 3.05) is 25.0 Å². The summed E-state index contributed by atoms with van der Waals surface area (Å²) in [5, 5.41) is 13.1. The van der Waals surface area contributed by atoms with Crippen molar-refractivity contribution in [3.63, 3.8) is 0 Å². The second-order valence-corrected chi connectivity index (χ2v) is 5.29. The van der Waals surface area contributed by atoms with Crippen molar-refractivity contribution >= 4 is 17.3 Å². The summed E-state index contributed by atoms with van der Waals surface area (Å²) in [5.41, 5.74) is 1.48. The number of halogens is 1. The second-order valence-electron chi connectivity index (χ2n) is 4.85. The number of hydrogen-bond acceptors (Lipinski definition) is 3. The Morgan fingerprint density at radius 1 is 1.44 bits per heavy atom. The van der Waals surface area contributed by atoms with Crippen LogP contribution in [0.2, 0.25) is 5.02 Å². The highest BCUT2D eigenvalue weighted by Crippen LogP contribution is 2.21. The van der Waals surface area contributed by atoms with Crippen LogP contribution in [0.25, 0.3) is 0 Å². The summed E-state index contributed by atoms with van der Waals surface area (Å²) >= 11 is 5.97. The second kappa shape index (κ2) is 6.08. The van der Waals surface area contributed by atoms with Gasteiger partial charge in [0.15, 0.2) is 0 Å². The fourth-order valence-corrected chi connectivity index (χ4v) is 2.57. The van der Waals surface area contributed by atoms with Gasteiger partial charge in [0.05, 0.1) is 11.3 Å². The minimum Gasteiger partial charge on any atom is -0.380 e. The van der Waals surface area contributed by atoms with E-state index in [0.717, 1.165) is 12.2 Å². The Morgan fingerprint density at radius 2 is 2.17 bits per heavy atom. The van der Waals surface area contributed by atoms with Gasteiger partial charge in [0.1, 0.15) is 6.07 Å². The minimum absolute atomic E-state index is 0.314. The lowest BCUT2D eigenvalue weighted by Crippen LogP contribution is -2.33. The molecule has 1 atom stereocenters. The van der Waals surface area contributed by atoms with E-state index >= 15 is 0 Å². The zero-order chi connectivity index (χ0) is 13.0. The van der Waals surface area contributed by atoms with Crippen molar-refractivity contribution < 1.29 is 0 Å². The maximum atomic E-state index is 9.06. The molecule has 3 nitrogen and oxygen atoms in total. The molecule has 0 aliphatic carbocycles. The Kier molecular flexibility index (Phi) is 4.46. The molecule has 0 spiro atoms. The highest BCUT2D eigenvalue weighted by Gasteiger charge is 2.15. The Labute approximate surface area is 113 Å². The number of likely N-dealkylation sites (tertiary alicyclic amines) is 1. The molecule has 1 N–H and O–H groups in total. The predicted molar refractivity (Wildman–Crippen MR) is 74.9 cm³/mol. The fourth-order valence-electron chi connectivity index (χ4n) is 2.40. The fraction of sp³-hybridized carbons (Fsp3) is 0.500. The molecule has 1 heterocycles. The van der Waals surface area contributed by atoms with Crippen LogP contribution in [-0.4, -0.2) is 30.6 Å². The van der Waals surface area contributed by atoms with Crippen LogP contribution in [0.5, 0.6) is 0 Å². The third-order valence-electron chi connectivity index (χ3n) is 3.23. The summed E-state index contributed by atoms with van der Waals surface area (Å²) in [6, 6.07) is 7.82. The van der Waals surface area contributed by atoms with Crippen LogP contribution < -0.4 is 5.32 Å². The summed E-state index contributed by atoms with van der Waals surface area (Å²) in [4.78, 5) is 2.45. The van der Waals surface area contributed by atoms with E-state index in [1.807, 2.05) is 6.07 Å². The minimum atomic E-state index is 0.314. The molecule has 4 heteroatoms. The van der Waals surface area contributed by atoms with Crippen molar-refractivity contribution in [1.29, 1.82) is 5.26 Å². The van der Waals surface area contributed by atoms with E-state index < -0.39 is 0 Å². The van der Waals surface area contributed by atoms with E-state index in [2.05, 4.69) is 23.2 Å². The number of benzene rings is 1. The van der Waals surface area contributed by atoms with Crippen LogP contribution >= 0.6 is 11.6 Å². The zero-order valence-corrected chi connectivity index (χ0v) is 11.4. The van der Waals surface area contributed by atoms with Crippen LogP contribution in [0.3, 0.4) is 0 Å². The Hall–Kier alpha value is -1.24. The van der Waals surface area contributed by atoms with Crippen LogP contribution in [0.1, 0.15) is 25.3 Å². The standard InChI is InChI=1S/C14H18ClN3/c1-11(10-18-6-2-3-7-18)17-14-8-13(15)5-4-12(14)9-16/h4-5,8,11,17H,2-3,6-7,10H2,1H3. The largest absolute Gasteiger partial charge is 0.380 e. The highest BCUT2D eigenvalue weighted by molar-refractivity contribution is 6.30. The molecule has 1 aliphatic heterocycles. The first-order chi connectivity index (χ1) is 8.69. The lowest BCUT2D eigenvalue weighted by atomic mass is 10.1. The first-order valence-corrected chi connectivity index (χ1v) is 6.75. The molecule has 1 aromatic rings. The van der Waals surface area contributed by atoms with E-state index in [0.29, 0.717) is 16.6 Å². The molecule has 18 heavy (non-hydrogen) atoms. The summed E-state index contributed by atoms with van der Waals surface area (Å²) in [7, 11) is 0. The van der Waals surface area contributed by atoms with Crippen molar-refractivity contribution in [2.24, 2.45) is 0 Å². The number of rotatable bonds is 4. The van der Waals surface area contributed by atoms with Gasteiger partial charge in [-0.15, -0.1) is 0 Å². The van der Waals surface area contributed by atoms with E-state index in [1.54, 1.807) is 12.1 Å². The normalized spacial score (nSPS) is 17.4. The van der Waals surface area contributed by atoms with Crippen LogP contribution in [-0.2, 0) is 0 Å². The van der Waals surface area contributed by atoms with Gasteiger partial charge in [-0.3, -0.25) is 0 Å². The summed E-state index contributed by atoms with van der Waals surface area (Å²) < 4.78 is 0. The lowest BCUT2D eigenvalue weighted by Gasteiger charge is -2.22. The van der Waals surface area contributed by atoms with E-state index in [1.165, 1.54) is 25.9 Å². The maximum absolute atomic E-state index is 9.06. The highest BCUT2D eigenvalue weighted by atomic mass is 35.5. The quantitative estimate of drug-likeness (QED) is 0.907. The number of anilines is 1. The molecule has 96 valence electrons. The summed E-state index contributed by atoms with van der Waals surface area (Å²) in [6.07, 6.45) is 2.60. The SMILES string of the molecule is CC(CN1CCCC1)Nc1cc(Cl)ccc1C#N. The van der Waals surface area contributed by atoms with Gasteiger partial charge in [0.2, 0.25) is 0 Å². The molecule has 0 aromatic heterocycles. The van der Waals surface area contributed by atoms with Crippen molar-refractivity contribution in [3.05, 3.63) is 28.8 Å². The van der Waals surface area contributed by atoms with Gasteiger partial charge < -0.3 is 10.2 Å². The molecule has 1 unspecified atom stereocenters. The van der Waals surface area contributed by atoms with Gasteiger partial charge >= 0.3 is 0 Å². The van der Waals surface area contributed by atoms with Gasteiger partial charge in [-0.2, -0.15) is 5.26 Å². The molecular formula is C14H18ClN3. The van der Waals surface area contributed by atoms with Gasteiger partial charge in [0, 0.05) is 17.6 Å². The lowest BCUT2D eigenvalue weighted by molar-refractivity contribution is 0.328. The molecule has 1 saturated heterocycles. The molecule has 0 bridgehead atoms. The van der Waals surface area contributed by atoms with E-state index in [4.69, 9.17) is 16.9 Å². The summed E-state index contributed by atoms with van der Waals surface area (Å²) in [6.45, 7) is 5.52. The average molecular weight is 264 g/mol. The summed E-state index contributed by atoms with van der Waals surface area (Å²) in [5.74, 6) is 0. The van der Waals surface area contributed by atoms with Gasteiger partial charge in [0.25, 0.3) is 0 Å². The number of hydrogen-bond donors (Lipinski definition) is 1. The monoisotopic (exact) mass is 263 g/mol. The van der Waals surface area contributed by atoms with E-state index in [-0.39, 0.29) is 0 Å². The molecule has 0 radical (unpaired) electrons. The molecule has 0 saturated carbocycles. The first-order valence-electron chi connectivity index (χ1n) is 6.37. The molecular weight excluding hydrogens is 246 g/mol. The van der Waals surface area contributed by atoms with Crippen molar-refractivity contribution in [3.8, 4) is 6.07 Å². The third kappa shape index (κ3) is 3.38. The Balaban J connectivity index is 1.99. The molecule has 1 aromatic carbocycles. The van der Waals surface area contributed by atoms with Crippen LogP contribution in [0, 0.1) is 11.3 Å². The molecule has 2 rings (SSSR count). The topological polar surface area (TPSA) is 39.1 Å². The van der Waals surface area contributed by atoms with Gasteiger partial charge in [-0.05, 0) is 51.1 Å². The smallest absolute Gasteiger partial charge is 0.101 e. The van der Waals surface area contributed by atoms with Crippen molar-refractivity contribution in [1.82, 2.24) is 4.90 Å². The molecule has 1 fully saturated rings. The molecule has 1 aliphatic rings. The number of nitrogens with zero attached hydrogens (tertiary/aromatic N) is 2. The number of nitrogens with one attached hydrogen (secondary N) is 1. The van der Waals surface area contributed by atoms with Crippen molar-refractivity contribution in [2.45, 2.75) is 25.8 Å². The van der Waals surface area contributed by atoms with Crippen LogP contribution in [0.15, 0.2) is 18.2 Å². The van der Waals surface area contributed by atoms with Crippen LogP contribution in [0.4, 0.5) is 5.69 Å². The predicted octanol–water partition coefficient (Wildman–Crippen LogP) is 3.11. The Bertz CT molecular complexity index is 447. The van der Waals surface area contributed by atoms with Gasteiger partial charge in [-0.25, -0.2) is 0 Å². The maximum Gasteiger partial charge on any atom is 0.101 e. The Morgan fingerprint density at radius 3 is 2.83 bits per heavy atom.